The van der Waals surface area contributed by atoms with Crippen molar-refractivity contribution in [2.75, 3.05) is 0 Å². The maximum Gasteiger partial charge on any atom is 0.404 e. The first-order valence-electron chi connectivity index (χ1n) is 3.56. The maximum atomic E-state index is 10.4. The summed E-state index contributed by atoms with van der Waals surface area (Å²) in [7, 11) is 0. The number of halogens is 1. The molecule has 1 N–H and O–H groups in total. The van der Waals surface area contributed by atoms with Gasteiger partial charge in [0.15, 0.2) is 0 Å². The van der Waals surface area contributed by atoms with Crippen LogP contribution in [-0.4, -0.2) is 25.9 Å². The molecule has 6 nitrogen and oxygen atoms in total. The number of aliphatic hydroxyl groups is 1. The van der Waals surface area contributed by atoms with E-state index in [4.69, 9.17) is 5.11 Å². The van der Waals surface area contributed by atoms with E-state index >= 15 is 0 Å². The number of hydrogen-bond acceptors (Lipinski definition) is 4. The molecule has 0 spiro atoms. The Morgan fingerprint density at radius 1 is 1.92 bits per heavy atom. The minimum Gasteiger partial charge on any atom is -0.391 e. The maximum absolute atomic E-state index is 10.4. The Kier molecular flexibility index (Phi) is 2.99. The van der Waals surface area contributed by atoms with Crippen LogP contribution in [0.1, 0.15) is 6.92 Å². The van der Waals surface area contributed by atoms with Gasteiger partial charge >= 0.3 is 5.82 Å². The molecule has 0 radical (unpaired) electrons. The zero-order chi connectivity index (χ0) is 10.0. The first kappa shape index (κ1) is 10.1. The SMILES string of the molecule is C[C@@H](O)Cn1cc(Br)c([N+](=O)[O-])n1. The Bertz CT molecular complexity index is 323. The molecule has 0 bridgehead atoms. The summed E-state index contributed by atoms with van der Waals surface area (Å²) in [6.45, 7) is 1.83. The van der Waals surface area contributed by atoms with E-state index in [0.717, 1.165) is 0 Å². The van der Waals surface area contributed by atoms with E-state index in [0.29, 0.717) is 4.47 Å². The van der Waals surface area contributed by atoms with Crippen LogP contribution in [0.2, 0.25) is 0 Å². The lowest BCUT2D eigenvalue weighted by Crippen LogP contribution is -2.12. The fourth-order valence-corrected chi connectivity index (χ4v) is 1.34. The Morgan fingerprint density at radius 3 is 2.92 bits per heavy atom. The molecule has 13 heavy (non-hydrogen) atoms. The standard InChI is InChI=1S/C6H8BrN3O3/c1-4(11)2-9-3-5(7)6(8-9)10(12)13/h3-4,11H,2H2,1H3/t4-/m1/s1. The average Bonchev–Trinajstić information content (AvgIpc) is 2.29. The number of rotatable bonds is 3. The molecule has 1 heterocycles. The molecule has 0 aliphatic heterocycles. The van der Waals surface area contributed by atoms with E-state index in [9.17, 15) is 10.1 Å². The van der Waals surface area contributed by atoms with Crippen LogP contribution in [-0.2, 0) is 6.54 Å². The molecule has 0 aromatic carbocycles. The van der Waals surface area contributed by atoms with Gasteiger partial charge in [-0.15, -0.1) is 0 Å². The van der Waals surface area contributed by atoms with E-state index in [1.54, 1.807) is 6.92 Å². The number of hydrogen-bond donors (Lipinski definition) is 1. The van der Waals surface area contributed by atoms with Crippen molar-refractivity contribution >= 4 is 21.7 Å². The van der Waals surface area contributed by atoms with Crippen molar-refractivity contribution in [3.63, 3.8) is 0 Å². The molecule has 1 atom stereocenters. The van der Waals surface area contributed by atoms with E-state index in [1.807, 2.05) is 0 Å². The van der Waals surface area contributed by atoms with Crippen molar-refractivity contribution in [1.29, 1.82) is 0 Å². The summed E-state index contributed by atoms with van der Waals surface area (Å²) in [4.78, 5) is 9.78. The Hall–Kier alpha value is -0.950. The van der Waals surface area contributed by atoms with Crippen LogP contribution in [0.4, 0.5) is 5.82 Å². The van der Waals surface area contributed by atoms with E-state index in [1.165, 1.54) is 10.9 Å². The number of aromatic nitrogens is 2. The molecule has 0 unspecified atom stereocenters. The van der Waals surface area contributed by atoms with Crippen LogP contribution in [0.15, 0.2) is 10.7 Å². The highest BCUT2D eigenvalue weighted by Crippen LogP contribution is 2.21. The van der Waals surface area contributed by atoms with Gasteiger partial charge in [-0.25, -0.2) is 0 Å². The van der Waals surface area contributed by atoms with Gasteiger partial charge in [0.2, 0.25) is 0 Å². The highest BCUT2D eigenvalue weighted by atomic mass is 79.9. The second-order valence-electron chi connectivity index (χ2n) is 2.63. The molecule has 1 aromatic rings. The van der Waals surface area contributed by atoms with Crippen molar-refractivity contribution < 1.29 is 10.0 Å². The highest BCUT2D eigenvalue weighted by molar-refractivity contribution is 9.10. The summed E-state index contributed by atoms with van der Waals surface area (Å²) < 4.78 is 1.64. The van der Waals surface area contributed by atoms with Crippen LogP contribution in [0.25, 0.3) is 0 Å². The smallest absolute Gasteiger partial charge is 0.391 e. The molecule has 7 heteroatoms. The van der Waals surface area contributed by atoms with Crippen LogP contribution >= 0.6 is 15.9 Å². The number of nitro groups is 1. The van der Waals surface area contributed by atoms with E-state index in [2.05, 4.69) is 21.0 Å². The van der Waals surface area contributed by atoms with Crippen LogP contribution in [0, 0.1) is 10.1 Å². The zero-order valence-electron chi connectivity index (χ0n) is 6.85. The average molecular weight is 250 g/mol. The van der Waals surface area contributed by atoms with Gasteiger partial charge in [0.25, 0.3) is 0 Å². The molecule has 1 rings (SSSR count). The highest BCUT2D eigenvalue weighted by Gasteiger charge is 2.18. The summed E-state index contributed by atoms with van der Waals surface area (Å²) in [6, 6.07) is 0. The van der Waals surface area contributed by atoms with Crippen LogP contribution in [0.5, 0.6) is 0 Å². The van der Waals surface area contributed by atoms with Gasteiger partial charge in [0, 0.05) is 0 Å². The summed E-state index contributed by atoms with van der Waals surface area (Å²) >= 11 is 3.00. The number of aliphatic hydroxyl groups excluding tert-OH is 1. The molecule has 0 saturated heterocycles. The first-order valence-corrected chi connectivity index (χ1v) is 4.35. The van der Waals surface area contributed by atoms with Gasteiger partial charge in [0.05, 0.1) is 23.9 Å². The van der Waals surface area contributed by atoms with Gasteiger partial charge in [-0.3, -0.25) is 0 Å². The van der Waals surface area contributed by atoms with Crippen molar-refractivity contribution in [3.8, 4) is 0 Å². The predicted molar refractivity (Wildman–Crippen MR) is 48.3 cm³/mol. The van der Waals surface area contributed by atoms with Crippen LogP contribution in [0.3, 0.4) is 0 Å². The van der Waals surface area contributed by atoms with Crippen molar-refractivity contribution in [3.05, 3.63) is 20.8 Å². The quantitative estimate of drug-likeness (QED) is 0.639. The van der Waals surface area contributed by atoms with Gasteiger partial charge in [-0.05, 0) is 27.8 Å². The third-order valence-corrected chi connectivity index (χ3v) is 1.88. The Morgan fingerprint density at radius 2 is 2.54 bits per heavy atom. The lowest BCUT2D eigenvalue weighted by atomic mass is 10.4. The monoisotopic (exact) mass is 249 g/mol. The molecular weight excluding hydrogens is 242 g/mol. The lowest BCUT2D eigenvalue weighted by Gasteiger charge is -1.98. The normalized spacial score (nSPS) is 12.8. The molecule has 0 saturated carbocycles. The second kappa shape index (κ2) is 3.84. The minimum atomic E-state index is -0.581. The van der Waals surface area contributed by atoms with Crippen molar-refractivity contribution in [2.24, 2.45) is 0 Å². The molecule has 0 aliphatic carbocycles. The second-order valence-corrected chi connectivity index (χ2v) is 3.48. The topological polar surface area (TPSA) is 81.2 Å². The summed E-state index contributed by atoms with van der Waals surface area (Å²) in [5.41, 5.74) is 0. The first-order chi connectivity index (χ1) is 6.00. The predicted octanol–water partition coefficient (Wildman–Crippen LogP) is 0.935. The third-order valence-electron chi connectivity index (χ3n) is 1.32. The molecule has 0 aliphatic rings. The van der Waals surface area contributed by atoms with Gasteiger partial charge in [-0.1, -0.05) is 0 Å². The van der Waals surface area contributed by atoms with Crippen molar-refractivity contribution in [1.82, 2.24) is 9.78 Å². The van der Waals surface area contributed by atoms with Gasteiger partial charge in [0.1, 0.15) is 4.47 Å². The minimum absolute atomic E-state index is 0.236. The molecule has 72 valence electrons. The van der Waals surface area contributed by atoms with Gasteiger partial charge < -0.3 is 15.2 Å². The van der Waals surface area contributed by atoms with Crippen LogP contribution < -0.4 is 0 Å². The van der Waals surface area contributed by atoms with E-state index < -0.39 is 11.0 Å². The Balaban J connectivity index is 2.89. The number of nitrogens with zero attached hydrogens (tertiary/aromatic N) is 3. The largest absolute Gasteiger partial charge is 0.404 e. The molecular formula is C6H8BrN3O3. The Labute approximate surface area is 82.4 Å². The van der Waals surface area contributed by atoms with E-state index in [-0.39, 0.29) is 12.4 Å². The fraction of sp³-hybridized carbons (Fsp3) is 0.500. The fourth-order valence-electron chi connectivity index (χ4n) is 0.875. The molecule has 0 fully saturated rings. The zero-order valence-corrected chi connectivity index (χ0v) is 8.43. The van der Waals surface area contributed by atoms with Gasteiger partial charge in [-0.2, -0.15) is 4.68 Å². The third kappa shape index (κ3) is 2.49. The molecule has 0 amide bonds. The van der Waals surface area contributed by atoms with Crippen molar-refractivity contribution in [2.45, 2.75) is 19.6 Å². The summed E-state index contributed by atoms with van der Waals surface area (Å²) in [5, 5.41) is 23.0. The summed E-state index contributed by atoms with van der Waals surface area (Å²) in [5.74, 6) is -0.236. The summed E-state index contributed by atoms with van der Waals surface area (Å²) in [6.07, 6.45) is 0.886. The molecule has 1 aromatic heterocycles. The lowest BCUT2D eigenvalue weighted by molar-refractivity contribution is -0.390.